The highest BCUT2D eigenvalue weighted by molar-refractivity contribution is 7.12. The van der Waals surface area contributed by atoms with Gasteiger partial charge in [0.2, 0.25) is 0 Å². The Labute approximate surface area is 106 Å². The summed E-state index contributed by atoms with van der Waals surface area (Å²) in [6, 6.07) is 1.75. The highest BCUT2D eigenvalue weighted by Gasteiger charge is 2.17. The van der Waals surface area contributed by atoms with Gasteiger partial charge in [-0.05, 0) is 17.4 Å². The number of carbonyl (C=O) groups excluding carboxylic acids is 1. The van der Waals surface area contributed by atoms with Gasteiger partial charge in [0.25, 0.3) is 5.91 Å². The number of hydrogen-bond donors (Lipinski definition) is 2. The molecule has 1 amide bonds. The van der Waals surface area contributed by atoms with Gasteiger partial charge in [-0.1, -0.05) is 20.3 Å². The lowest BCUT2D eigenvalue weighted by Gasteiger charge is -2.17. The quantitative estimate of drug-likeness (QED) is 0.818. The Hall–Kier alpha value is -1.07. The Morgan fingerprint density at radius 3 is 2.94 bits per heavy atom. The zero-order valence-electron chi connectivity index (χ0n) is 10.4. The molecule has 0 radical (unpaired) electrons. The van der Waals surface area contributed by atoms with Crippen molar-refractivity contribution in [2.75, 3.05) is 13.7 Å². The first-order chi connectivity index (χ1) is 8.10. The lowest BCUT2D eigenvalue weighted by atomic mass is 10.0. The maximum absolute atomic E-state index is 11.8. The molecule has 1 aromatic rings. The van der Waals surface area contributed by atoms with Gasteiger partial charge in [0, 0.05) is 6.54 Å². The SMILES string of the molecule is CCC(C)C(O)CNC(=O)c1sccc1OC. The topological polar surface area (TPSA) is 58.6 Å². The van der Waals surface area contributed by atoms with Gasteiger partial charge in [0.15, 0.2) is 0 Å². The number of carbonyl (C=O) groups is 1. The molecule has 0 saturated carbocycles. The summed E-state index contributed by atoms with van der Waals surface area (Å²) in [6.07, 6.45) is 0.384. The van der Waals surface area contributed by atoms with Crippen molar-refractivity contribution in [3.05, 3.63) is 16.3 Å². The van der Waals surface area contributed by atoms with Gasteiger partial charge >= 0.3 is 0 Å². The molecule has 5 heteroatoms. The Morgan fingerprint density at radius 1 is 1.65 bits per heavy atom. The van der Waals surface area contributed by atoms with Crippen molar-refractivity contribution < 1.29 is 14.6 Å². The fourth-order valence-corrected chi connectivity index (χ4v) is 2.15. The second kappa shape index (κ2) is 6.61. The van der Waals surface area contributed by atoms with Crippen molar-refractivity contribution in [2.45, 2.75) is 26.4 Å². The van der Waals surface area contributed by atoms with E-state index in [1.54, 1.807) is 11.4 Å². The summed E-state index contributed by atoms with van der Waals surface area (Å²) in [5.41, 5.74) is 0. The fraction of sp³-hybridized carbons (Fsp3) is 0.583. The van der Waals surface area contributed by atoms with Gasteiger partial charge in [-0.25, -0.2) is 0 Å². The summed E-state index contributed by atoms with van der Waals surface area (Å²) in [5, 5.41) is 14.3. The van der Waals surface area contributed by atoms with E-state index in [9.17, 15) is 9.90 Å². The monoisotopic (exact) mass is 257 g/mol. The van der Waals surface area contributed by atoms with Crippen LogP contribution in [0.15, 0.2) is 11.4 Å². The van der Waals surface area contributed by atoms with Crippen LogP contribution in [-0.2, 0) is 0 Å². The van der Waals surface area contributed by atoms with Crippen LogP contribution in [0.5, 0.6) is 5.75 Å². The zero-order valence-corrected chi connectivity index (χ0v) is 11.2. The van der Waals surface area contributed by atoms with E-state index >= 15 is 0 Å². The normalized spacial score (nSPS) is 14.1. The number of ether oxygens (including phenoxy) is 1. The average Bonchev–Trinajstić information content (AvgIpc) is 2.82. The number of aliphatic hydroxyl groups excluding tert-OH is 1. The van der Waals surface area contributed by atoms with Crippen LogP contribution in [0.4, 0.5) is 0 Å². The predicted molar refractivity (Wildman–Crippen MR) is 68.7 cm³/mol. The molecule has 2 N–H and O–H groups in total. The minimum Gasteiger partial charge on any atom is -0.495 e. The van der Waals surface area contributed by atoms with Crippen molar-refractivity contribution in [3.63, 3.8) is 0 Å². The Morgan fingerprint density at radius 2 is 2.35 bits per heavy atom. The van der Waals surface area contributed by atoms with E-state index < -0.39 is 6.10 Å². The molecule has 4 nitrogen and oxygen atoms in total. The molecule has 96 valence electrons. The highest BCUT2D eigenvalue weighted by atomic mass is 32.1. The first kappa shape index (κ1) is 14.0. The molecule has 0 spiro atoms. The number of methoxy groups -OCH3 is 1. The van der Waals surface area contributed by atoms with Crippen LogP contribution in [0, 0.1) is 5.92 Å². The van der Waals surface area contributed by atoms with Crippen LogP contribution in [0.1, 0.15) is 29.9 Å². The fourth-order valence-electron chi connectivity index (χ4n) is 1.37. The molecule has 0 bridgehead atoms. The smallest absolute Gasteiger partial charge is 0.265 e. The zero-order chi connectivity index (χ0) is 12.8. The van der Waals surface area contributed by atoms with Crippen LogP contribution in [0.2, 0.25) is 0 Å². The second-order valence-corrected chi connectivity index (χ2v) is 4.90. The first-order valence-electron chi connectivity index (χ1n) is 5.67. The van der Waals surface area contributed by atoms with Crippen LogP contribution >= 0.6 is 11.3 Å². The number of amides is 1. The molecular weight excluding hydrogens is 238 g/mol. The maximum atomic E-state index is 11.8. The number of thiophene rings is 1. The molecule has 2 atom stereocenters. The third-order valence-corrected chi connectivity index (χ3v) is 3.72. The predicted octanol–water partition coefficient (Wildman–Crippen LogP) is 1.89. The van der Waals surface area contributed by atoms with Crippen LogP contribution in [0.25, 0.3) is 0 Å². The lowest BCUT2D eigenvalue weighted by molar-refractivity contribution is 0.0851. The van der Waals surface area contributed by atoms with E-state index in [0.717, 1.165) is 6.42 Å². The van der Waals surface area contributed by atoms with Crippen molar-refractivity contribution in [1.82, 2.24) is 5.32 Å². The molecule has 1 heterocycles. The van der Waals surface area contributed by atoms with Gasteiger partial charge in [-0.2, -0.15) is 0 Å². The Balaban J connectivity index is 2.50. The lowest BCUT2D eigenvalue weighted by Crippen LogP contribution is -2.35. The van der Waals surface area contributed by atoms with Crippen LogP contribution in [-0.4, -0.2) is 30.8 Å². The van der Waals surface area contributed by atoms with Crippen molar-refractivity contribution in [3.8, 4) is 5.75 Å². The molecule has 0 aromatic carbocycles. The second-order valence-electron chi connectivity index (χ2n) is 3.98. The minimum absolute atomic E-state index is 0.181. The Bertz CT molecular complexity index is 364. The standard InChI is InChI=1S/C12H19NO3S/c1-4-8(2)9(14)7-13-12(15)11-10(16-3)5-6-17-11/h5-6,8-9,14H,4,7H2,1-3H3,(H,13,15). The number of rotatable bonds is 6. The summed E-state index contributed by atoms with van der Waals surface area (Å²) >= 11 is 1.33. The minimum atomic E-state index is -0.505. The molecule has 17 heavy (non-hydrogen) atoms. The van der Waals surface area contributed by atoms with Crippen molar-refractivity contribution >= 4 is 17.2 Å². The third kappa shape index (κ3) is 3.71. The summed E-state index contributed by atoms with van der Waals surface area (Å²) < 4.78 is 5.07. The maximum Gasteiger partial charge on any atom is 0.265 e. The summed E-state index contributed by atoms with van der Waals surface area (Å²) in [4.78, 5) is 12.4. The average molecular weight is 257 g/mol. The van der Waals surface area contributed by atoms with E-state index in [1.807, 2.05) is 13.8 Å². The Kier molecular flexibility index (Phi) is 5.44. The van der Waals surface area contributed by atoms with E-state index in [0.29, 0.717) is 10.6 Å². The number of hydrogen-bond acceptors (Lipinski definition) is 4. The largest absolute Gasteiger partial charge is 0.495 e. The first-order valence-corrected chi connectivity index (χ1v) is 6.55. The summed E-state index contributed by atoms with van der Waals surface area (Å²) in [5.74, 6) is 0.560. The molecular formula is C12H19NO3S. The van der Waals surface area contributed by atoms with E-state index in [4.69, 9.17) is 4.74 Å². The number of aliphatic hydroxyl groups is 1. The molecule has 0 aliphatic carbocycles. The molecule has 1 aromatic heterocycles. The summed E-state index contributed by atoms with van der Waals surface area (Å²) in [7, 11) is 1.53. The van der Waals surface area contributed by atoms with Crippen molar-refractivity contribution in [2.24, 2.45) is 5.92 Å². The van der Waals surface area contributed by atoms with E-state index in [1.165, 1.54) is 18.4 Å². The van der Waals surface area contributed by atoms with Gasteiger partial charge < -0.3 is 15.2 Å². The molecule has 2 unspecified atom stereocenters. The molecule has 0 saturated heterocycles. The van der Waals surface area contributed by atoms with Crippen molar-refractivity contribution in [1.29, 1.82) is 0 Å². The summed E-state index contributed by atoms with van der Waals surface area (Å²) in [6.45, 7) is 4.25. The van der Waals surface area contributed by atoms with Gasteiger partial charge in [-0.15, -0.1) is 11.3 Å². The number of nitrogens with one attached hydrogen (secondary N) is 1. The molecule has 1 rings (SSSR count). The van der Waals surface area contributed by atoms with Gasteiger partial charge in [0.05, 0.1) is 13.2 Å². The van der Waals surface area contributed by atoms with Gasteiger partial charge in [0.1, 0.15) is 10.6 Å². The third-order valence-electron chi connectivity index (χ3n) is 2.83. The molecule has 0 aliphatic heterocycles. The van der Waals surface area contributed by atoms with Crippen LogP contribution < -0.4 is 10.1 Å². The molecule has 0 fully saturated rings. The highest BCUT2D eigenvalue weighted by Crippen LogP contribution is 2.24. The van der Waals surface area contributed by atoms with E-state index in [2.05, 4.69) is 5.32 Å². The van der Waals surface area contributed by atoms with Gasteiger partial charge in [-0.3, -0.25) is 4.79 Å². The van der Waals surface area contributed by atoms with E-state index in [-0.39, 0.29) is 18.4 Å². The van der Waals surface area contributed by atoms with Crippen LogP contribution in [0.3, 0.4) is 0 Å². The molecule has 0 aliphatic rings.